The molecule has 2 N–H and O–H groups in total. The average molecular weight is 449 g/mol. The van der Waals surface area contributed by atoms with Crippen molar-refractivity contribution in [2.75, 3.05) is 13.7 Å². The number of aliphatic hydroxyl groups excluding tert-OH is 1. The number of methoxy groups -OCH3 is 1. The van der Waals surface area contributed by atoms with E-state index < -0.39 is 28.8 Å². The van der Waals surface area contributed by atoms with Gasteiger partial charge >= 0.3 is 5.97 Å². The number of halogens is 2. The molecule has 0 aliphatic rings. The van der Waals surface area contributed by atoms with Crippen LogP contribution in [0.3, 0.4) is 0 Å². The van der Waals surface area contributed by atoms with Crippen LogP contribution in [-0.2, 0) is 6.42 Å². The van der Waals surface area contributed by atoms with Gasteiger partial charge in [0.25, 0.3) is 0 Å². The van der Waals surface area contributed by atoms with Gasteiger partial charge in [-0.1, -0.05) is 37.6 Å². The fourth-order valence-electron chi connectivity index (χ4n) is 3.52. The first-order valence-electron chi connectivity index (χ1n) is 9.59. The number of nitrogens with zero attached hydrogens (tertiary/aromatic N) is 2. The van der Waals surface area contributed by atoms with Gasteiger partial charge in [0, 0.05) is 18.2 Å². The predicted octanol–water partition coefficient (Wildman–Crippen LogP) is 3.68. The Hall–Kier alpha value is -2.97. The zero-order chi connectivity index (χ0) is 22.9. The van der Waals surface area contributed by atoms with Crippen LogP contribution in [0, 0.1) is 11.7 Å². The van der Waals surface area contributed by atoms with Gasteiger partial charge < -0.3 is 19.5 Å². The van der Waals surface area contributed by atoms with Crippen LogP contribution in [0.4, 0.5) is 4.39 Å². The summed E-state index contributed by atoms with van der Waals surface area (Å²) in [6.07, 6.45) is 1.30. The molecule has 3 aromatic rings. The minimum absolute atomic E-state index is 0.0200. The molecule has 1 atom stereocenters. The van der Waals surface area contributed by atoms with Crippen LogP contribution in [0.1, 0.15) is 41.4 Å². The van der Waals surface area contributed by atoms with E-state index in [2.05, 4.69) is 4.98 Å². The molecule has 3 rings (SSSR count). The third-order valence-corrected chi connectivity index (χ3v) is 5.49. The molecule has 2 aromatic heterocycles. The Morgan fingerprint density at radius 1 is 1.32 bits per heavy atom. The minimum atomic E-state index is -1.40. The number of rotatable bonds is 7. The number of carboxylic acids is 1. The number of hydrogen-bond acceptors (Lipinski definition) is 5. The van der Waals surface area contributed by atoms with Crippen molar-refractivity contribution in [2.45, 2.75) is 26.3 Å². The smallest absolute Gasteiger partial charge is 0.341 e. The summed E-state index contributed by atoms with van der Waals surface area (Å²) >= 11 is 5.89. The molecule has 0 fully saturated rings. The molecule has 7 nitrogen and oxygen atoms in total. The summed E-state index contributed by atoms with van der Waals surface area (Å²) in [5, 5.41) is 19.4. The lowest BCUT2D eigenvalue weighted by atomic mass is 10.0. The highest BCUT2D eigenvalue weighted by Crippen LogP contribution is 2.29. The highest BCUT2D eigenvalue weighted by molar-refractivity contribution is 6.30. The SMILES string of the molecule is COc1nc2c(=O)c(C(=O)O)cn([C@H](CO)C(C)C)c2cc1Cc1cccc(Cl)c1F. The van der Waals surface area contributed by atoms with Gasteiger partial charge in [0.1, 0.15) is 16.9 Å². The van der Waals surface area contributed by atoms with Crippen molar-refractivity contribution in [3.63, 3.8) is 0 Å². The van der Waals surface area contributed by atoms with Crippen molar-refractivity contribution in [2.24, 2.45) is 5.92 Å². The number of benzene rings is 1. The quantitative estimate of drug-likeness (QED) is 0.571. The Balaban J connectivity index is 2.33. The van der Waals surface area contributed by atoms with Gasteiger partial charge in [-0.2, -0.15) is 0 Å². The number of hydrogen-bond donors (Lipinski definition) is 2. The number of carboxylic acid groups (broad SMARTS) is 1. The first-order valence-corrected chi connectivity index (χ1v) is 9.97. The summed E-state index contributed by atoms with van der Waals surface area (Å²) in [4.78, 5) is 28.7. The molecule has 164 valence electrons. The molecule has 9 heteroatoms. The molecular weight excluding hydrogens is 427 g/mol. The van der Waals surface area contributed by atoms with Crippen molar-refractivity contribution >= 4 is 28.6 Å². The Morgan fingerprint density at radius 2 is 2.03 bits per heavy atom. The third kappa shape index (κ3) is 4.26. The molecule has 0 saturated heterocycles. The number of pyridine rings is 2. The van der Waals surface area contributed by atoms with Crippen LogP contribution in [0.2, 0.25) is 5.02 Å². The maximum atomic E-state index is 14.5. The number of ether oxygens (including phenoxy) is 1. The molecule has 31 heavy (non-hydrogen) atoms. The highest BCUT2D eigenvalue weighted by atomic mass is 35.5. The van der Waals surface area contributed by atoms with E-state index in [1.807, 2.05) is 13.8 Å². The van der Waals surface area contributed by atoms with Crippen molar-refractivity contribution in [3.05, 3.63) is 68.2 Å². The highest BCUT2D eigenvalue weighted by Gasteiger charge is 2.24. The molecule has 0 saturated carbocycles. The molecule has 0 radical (unpaired) electrons. The second-order valence-corrected chi connectivity index (χ2v) is 7.90. The van der Waals surface area contributed by atoms with Crippen LogP contribution < -0.4 is 10.2 Å². The molecule has 0 aliphatic carbocycles. The van der Waals surface area contributed by atoms with Crippen LogP contribution in [0.5, 0.6) is 5.88 Å². The van der Waals surface area contributed by atoms with Gasteiger partial charge in [0.05, 0.1) is 30.3 Å². The Morgan fingerprint density at radius 3 is 2.61 bits per heavy atom. The summed E-state index contributed by atoms with van der Waals surface area (Å²) in [6.45, 7) is 3.45. The van der Waals surface area contributed by atoms with Crippen molar-refractivity contribution in [1.82, 2.24) is 9.55 Å². The molecule has 2 heterocycles. The monoisotopic (exact) mass is 448 g/mol. The zero-order valence-electron chi connectivity index (χ0n) is 17.2. The van der Waals surface area contributed by atoms with E-state index in [0.717, 1.165) is 0 Å². The van der Waals surface area contributed by atoms with Crippen LogP contribution in [0.25, 0.3) is 11.0 Å². The van der Waals surface area contributed by atoms with E-state index in [4.69, 9.17) is 16.3 Å². The lowest BCUT2D eigenvalue weighted by Crippen LogP contribution is -2.26. The molecule has 0 spiro atoms. The van der Waals surface area contributed by atoms with Gasteiger partial charge in [-0.25, -0.2) is 14.2 Å². The normalized spacial score (nSPS) is 12.4. The fourth-order valence-corrected chi connectivity index (χ4v) is 3.72. The van der Waals surface area contributed by atoms with Crippen LogP contribution >= 0.6 is 11.6 Å². The largest absolute Gasteiger partial charge is 0.481 e. The van der Waals surface area contributed by atoms with E-state index in [9.17, 15) is 24.2 Å². The van der Waals surface area contributed by atoms with Crippen molar-refractivity contribution < 1.29 is 24.1 Å². The lowest BCUT2D eigenvalue weighted by molar-refractivity contribution is 0.0694. The minimum Gasteiger partial charge on any atom is -0.481 e. The summed E-state index contributed by atoms with van der Waals surface area (Å²) in [6, 6.07) is 5.75. The van der Waals surface area contributed by atoms with E-state index >= 15 is 0 Å². The first kappa shape index (κ1) is 22.7. The fraction of sp³-hybridized carbons (Fsp3) is 0.318. The predicted molar refractivity (Wildman–Crippen MR) is 115 cm³/mol. The van der Waals surface area contributed by atoms with Gasteiger partial charge in [-0.3, -0.25) is 4.79 Å². The summed E-state index contributed by atoms with van der Waals surface area (Å²) in [7, 11) is 1.36. The zero-order valence-corrected chi connectivity index (χ0v) is 18.0. The van der Waals surface area contributed by atoms with E-state index in [1.165, 1.54) is 23.9 Å². The Labute approximate surface area is 182 Å². The molecule has 0 amide bonds. The van der Waals surface area contributed by atoms with Crippen LogP contribution in [-0.4, -0.2) is 39.5 Å². The average Bonchev–Trinajstić information content (AvgIpc) is 2.72. The maximum Gasteiger partial charge on any atom is 0.341 e. The summed E-state index contributed by atoms with van der Waals surface area (Å²) < 4.78 is 21.3. The number of carbonyl (C=O) groups is 1. The van der Waals surface area contributed by atoms with Crippen molar-refractivity contribution in [3.8, 4) is 5.88 Å². The second kappa shape index (κ2) is 9.03. The van der Waals surface area contributed by atoms with Gasteiger partial charge in [-0.15, -0.1) is 0 Å². The van der Waals surface area contributed by atoms with E-state index in [-0.39, 0.29) is 35.4 Å². The Bertz CT molecular complexity index is 1210. The molecule has 0 bridgehead atoms. The molecule has 0 unspecified atom stereocenters. The Kier molecular flexibility index (Phi) is 6.62. The topological polar surface area (TPSA) is 102 Å². The molecule has 1 aromatic carbocycles. The molecule has 0 aliphatic heterocycles. The van der Waals surface area contributed by atoms with Crippen molar-refractivity contribution in [1.29, 1.82) is 0 Å². The van der Waals surface area contributed by atoms with Gasteiger partial charge in [0.2, 0.25) is 11.3 Å². The number of fused-ring (bicyclic) bond motifs is 1. The first-order chi connectivity index (χ1) is 14.7. The summed E-state index contributed by atoms with van der Waals surface area (Å²) in [5.74, 6) is -1.97. The van der Waals surface area contributed by atoms with Crippen LogP contribution in [0.15, 0.2) is 35.3 Å². The van der Waals surface area contributed by atoms with E-state index in [0.29, 0.717) is 16.6 Å². The van der Waals surface area contributed by atoms with E-state index in [1.54, 1.807) is 18.2 Å². The third-order valence-electron chi connectivity index (χ3n) is 5.20. The van der Waals surface area contributed by atoms with Gasteiger partial charge in [0.15, 0.2) is 0 Å². The second-order valence-electron chi connectivity index (χ2n) is 7.49. The maximum absolute atomic E-state index is 14.5. The standard InChI is InChI=1S/C22H22ClFN2O5/c1-11(2)17(10-27)26-9-14(22(29)30)20(28)19-16(26)8-13(21(25-19)31-3)7-12-5-4-6-15(23)18(12)24/h4-6,8-9,11,17,27H,7,10H2,1-3H3,(H,29,30)/t17-/m1/s1. The summed E-state index contributed by atoms with van der Waals surface area (Å²) in [5.41, 5.74) is -0.224. The lowest BCUT2D eigenvalue weighted by Gasteiger charge is -2.25. The number of aromatic carboxylic acids is 1. The number of aliphatic hydroxyl groups is 1. The molecular formula is C22H22ClFN2O5. The number of aromatic nitrogens is 2. The van der Waals surface area contributed by atoms with Gasteiger partial charge in [-0.05, 0) is 23.6 Å².